The molecule has 24 nitrogen and oxygen atoms in total. The summed E-state index contributed by atoms with van der Waals surface area (Å²) in [6.07, 6.45) is 10.6. The molecule has 0 aliphatic rings. The van der Waals surface area contributed by atoms with E-state index < -0.39 is 47.5 Å². The van der Waals surface area contributed by atoms with Crippen molar-refractivity contribution in [1.29, 1.82) is 0 Å². The van der Waals surface area contributed by atoms with Crippen LogP contribution in [0, 0.1) is 35.8 Å². The van der Waals surface area contributed by atoms with Crippen LogP contribution in [0.25, 0.3) is 112 Å². The first-order valence-electron chi connectivity index (χ1n) is 45.0. The second-order valence-electron chi connectivity index (χ2n) is 31.4. The van der Waals surface area contributed by atoms with Gasteiger partial charge in [0.05, 0.1) is 32.5 Å². The van der Waals surface area contributed by atoms with E-state index in [1.807, 2.05) is 47.2 Å². The number of pyridine rings is 8. The first-order valence-corrected chi connectivity index (χ1v) is 48.5. The molecule has 0 aromatic carbocycles. The zero-order valence-electron chi connectivity index (χ0n) is 80.1. The number of carbonyl (C=O) groups excluding carboxylic acids is 6. The number of halogens is 12. The van der Waals surface area contributed by atoms with Gasteiger partial charge >= 0.3 is 157 Å². The van der Waals surface area contributed by atoms with Crippen molar-refractivity contribution < 1.29 is 211 Å². The predicted octanol–water partition coefficient (Wildman–Crippen LogP) is 19.1. The van der Waals surface area contributed by atoms with E-state index in [2.05, 4.69) is 167 Å². The van der Waals surface area contributed by atoms with Crippen molar-refractivity contribution in [2.24, 2.45) is 0 Å². The van der Waals surface area contributed by atoms with Crippen LogP contribution in [0.2, 0.25) is 0 Å². The minimum absolute atomic E-state index is 0. The van der Waals surface area contributed by atoms with Crippen LogP contribution in [-0.4, -0.2) is 85.5 Å². The van der Waals surface area contributed by atoms with Crippen molar-refractivity contribution >= 4 is 70.6 Å². The molecule has 16 rings (SSSR count). The molecule has 0 spiro atoms. The maximum Gasteiger partial charge on any atom is 2.00 e. The molecule has 16 heterocycles. The number of hydrogen-bond acceptors (Lipinski definition) is 24. The van der Waals surface area contributed by atoms with E-state index >= 15 is 0 Å². The van der Waals surface area contributed by atoms with Gasteiger partial charge in [-0.25, -0.2) is 0 Å². The maximum absolute atomic E-state index is 13.1. The van der Waals surface area contributed by atoms with Crippen molar-refractivity contribution in [2.75, 3.05) is 0 Å². The van der Waals surface area contributed by atoms with Crippen molar-refractivity contribution in [1.82, 2.24) is 80.7 Å². The standard InChI is InChI=1S/2C28H24N3O2S.2C23H19F6N5S.2CO2.K.Na.2Ru/c2*1-2-3-4-5-7-22-14-17-34-28(22)11-10-21-12-15-29-26(18-21)24-8-6-9-25(31-24)27-19-23(33-20-32)13-16-30-27;2*1-2-3-4-5-6-13-7-8-35-21(13)14-9-15(17-11-19(33-31-17)22(24,25)26)30-16(10-14)18-12-20(34-32-18)23(27,28)29;2*2-1-3;;;;/h2*8-9,12-20H,2-5,7H2,1H3;2*7-12H,2-6H2,1H3;;;;;;/q2*-1;2*-2;;;2*+1;2*+2. The van der Waals surface area contributed by atoms with Gasteiger partial charge in [0, 0.05) is 68.4 Å². The van der Waals surface area contributed by atoms with Crippen molar-refractivity contribution in [3.63, 3.8) is 0 Å². The molecule has 0 unspecified atom stereocenters. The average molecular weight is 2310 g/mol. The normalized spacial score (nSPS) is 10.8. The van der Waals surface area contributed by atoms with E-state index in [9.17, 15) is 62.3 Å². The van der Waals surface area contributed by atoms with E-state index in [0.717, 1.165) is 143 Å². The fraction of sp³-hybridized carbons (Fsp3) is 0.269. The number of rotatable bonds is 34. The van der Waals surface area contributed by atoms with Gasteiger partial charge in [0.15, 0.2) is 0 Å². The quantitative estimate of drug-likeness (QED) is 0.00903. The summed E-state index contributed by atoms with van der Waals surface area (Å²) in [5.74, 6) is 14.1. The van der Waals surface area contributed by atoms with Crippen LogP contribution in [0.5, 0.6) is 11.5 Å². The maximum atomic E-state index is 13.1. The second-order valence-corrected chi connectivity index (χ2v) is 35.1. The minimum Gasteiger partial charge on any atom is -0.573 e. The van der Waals surface area contributed by atoms with Crippen LogP contribution in [-0.2, 0) is 118 Å². The molecule has 0 saturated heterocycles. The number of thiophene rings is 4. The molecular weight excluding hydrogens is 2220 g/mol. The van der Waals surface area contributed by atoms with E-state index in [1.165, 1.54) is 85.2 Å². The largest absolute Gasteiger partial charge is 2.00 e. The van der Waals surface area contributed by atoms with Gasteiger partial charge in [0.2, 0.25) is 0 Å². The number of alkyl halides is 12. The predicted molar refractivity (Wildman–Crippen MR) is 516 cm³/mol. The van der Waals surface area contributed by atoms with Crippen LogP contribution in [0.1, 0.15) is 196 Å². The molecule has 0 atom stereocenters. The molecule has 16 aromatic rings. The first-order chi connectivity index (χ1) is 69.5. The van der Waals surface area contributed by atoms with Crippen molar-refractivity contribution in [3.8, 4) is 147 Å². The Labute approximate surface area is 950 Å². The Morgan fingerprint density at radius 1 is 0.331 bits per heavy atom. The third-order valence-corrected chi connectivity index (χ3v) is 24.9. The zero-order valence-corrected chi connectivity index (χ0v) is 91.9. The van der Waals surface area contributed by atoms with Crippen molar-refractivity contribution in [3.05, 3.63) is 270 Å². The molecule has 0 aliphatic heterocycles. The zero-order chi connectivity index (χ0) is 103. The van der Waals surface area contributed by atoms with E-state index in [4.69, 9.17) is 28.7 Å². The van der Waals surface area contributed by atoms with Crippen LogP contribution >= 0.6 is 45.3 Å². The molecule has 148 heavy (non-hydrogen) atoms. The summed E-state index contributed by atoms with van der Waals surface area (Å²) in [6, 6.07) is 45.0. The van der Waals surface area contributed by atoms with Gasteiger partial charge in [-0.1, -0.05) is 151 Å². The summed E-state index contributed by atoms with van der Waals surface area (Å²) < 4.78 is 167. The van der Waals surface area contributed by atoms with E-state index in [-0.39, 0.29) is 178 Å². The van der Waals surface area contributed by atoms with E-state index in [1.54, 1.807) is 120 Å². The number of nitrogens with zero attached hydrogens (tertiary/aromatic N) is 16. The Morgan fingerprint density at radius 2 is 0.595 bits per heavy atom. The Hall–Kier alpha value is -11.3. The van der Waals surface area contributed by atoms with Crippen LogP contribution < -0.4 is 111 Å². The summed E-state index contributed by atoms with van der Waals surface area (Å²) in [5, 5.41) is 35.2. The Morgan fingerprint density at radius 3 is 0.872 bits per heavy atom. The third-order valence-electron chi connectivity index (χ3n) is 21.1. The molecule has 756 valence electrons. The number of ether oxygens (including phenoxy) is 2. The molecule has 0 saturated carbocycles. The summed E-state index contributed by atoms with van der Waals surface area (Å²) in [6.45, 7) is 9.46. The monoisotopic (exact) mass is 2310 g/mol. The van der Waals surface area contributed by atoms with Gasteiger partial charge < -0.3 is 60.2 Å². The van der Waals surface area contributed by atoms with Crippen LogP contribution in [0.4, 0.5) is 52.7 Å². The van der Waals surface area contributed by atoms with Crippen LogP contribution in [0.3, 0.4) is 0 Å². The fourth-order valence-corrected chi connectivity index (χ4v) is 17.6. The minimum atomic E-state index is -4.69. The molecular formula is C104H86F12KN16NaO8Ru2S4. The van der Waals surface area contributed by atoms with Crippen LogP contribution in [0.15, 0.2) is 192 Å². The summed E-state index contributed by atoms with van der Waals surface area (Å²) in [7, 11) is 0. The second kappa shape index (κ2) is 62.4. The van der Waals surface area contributed by atoms with Crippen molar-refractivity contribution in [2.45, 2.75) is 181 Å². The number of carbonyl (C=O) groups is 2. The van der Waals surface area contributed by atoms with Gasteiger partial charge in [-0.05, 0) is 250 Å². The fourth-order valence-electron chi connectivity index (χ4n) is 14.1. The van der Waals surface area contributed by atoms with Gasteiger partial charge in [0.1, 0.15) is 34.3 Å². The smallest absolute Gasteiger partial charge is 0.573 e. The number of aryl methyl sites for hydroxylation is 4. The molecule has 0 aliphatic carbocycles. The van der Waals surface area contributed by atoms with Gasteiger partial charge in [0.25, 0.3) is 12.9 Å². The van der Waals surface area contributed by atoms with E-state index in [0.29, 0.717) is 81.1 Å². The molecule has 44 heteroatoms. The molecule has 0 bridgehead atoms. The summed E-state index contributed by atoms with van der Waals surface area (Å²) in [5.41, 5.74) is 7.71. The molecule has 0 N–H and O–H groups in total. The summed E-state index contributed by atoms with van der Waals surface area (Å²) in [4.78, 5) is 93.2. The number of hydrogen-bond donors (Lipinski definition) is 0. The number of aromatic nitrogens is 16. The Kier molecular flexibility index (Phi) is 52.1. The Balaban J connectivity index is 0.000000260. The Bertz CT molecular complexity index is 6560. The van der Waals surface area contributed by atoms with Gasteiger partial charge in [-0.15, -0.1) is 69.6 Å². The molecule has 16 aromatic heterocycles. The summed E-state index contributed by atoms with van der Waals surface area (Å²) >= 11 is 6.25. The molecule has 0 fully saturated rings. The molecule has 0 radical (unpaired) electrons. The van der Waals surface area contributed by atoms with Gasteiger partial charge in [-0.3, -0.25) is 39.5 Å². The molecule has 0 amide bonds. The first kappa shape index (κ1) is 124. The van der Waals surface area contributed by atoms with Gasteiger partial charge in [-0.2, -0.15) is 84.0 Å². The SMILES string of the molecule is CCCCCCc1ccsc1-c1cc(-c2cc(C(F)(F)F)n[n-]2)nc(-c2cc(C(F)(F)F)n[n-]2)c1.CCCCCCc1ccsc1-c1cc(-c2cc(C(F)(F)F)n[n-]2)nc(-c2cc(C(F)(F)F)n[n-]2)c1.CCCCCCc1ccsc1C#Cc1ccnc(-c2c[c-]cc(-c3cc(OC=O)ccn3)n2)c1.CCCCCCc1ccsc1C#Cc1ccnc(-c2c[c-]cc(-c3cc(OC=O)ccn3)n2)c1.O=C=O.O=C=O.[K+].[Na+].[Ru+2].[Ru+2]. The third kappa shape index (κ3) is 37.7. The average Bonchev–Trinajstić information content (AvgIpc) is 1.63. The topological polar surface area (TPSA) is 332 Å². The number of unbranched alkanes of at least 4 members (excludes halogenated alkanes) is 12.